The molecule has 14 nitrogen and oxygen atoms in total. The zero-order valence-corrected chi connectivity index (χ0v) is 29.9. The van der Waals surface area contributed by atoms with E-state index in [0.717, 1.165) is 46.5 Å². The number of hydrogen-bond donors (Lipinski definition) is 1. The van der Waals surface area contributed by atoms with Crippen molar-refractivity contribution in [2.45, 2.75) is 31.8 Å². The highest BCUT2D eigenvalue weighted by Gasteiger charge is 2.49. The lowest BCUT2D eigenvalue weighted by atomic mass is 9.79. The number of rotatable bonds is 6. The highest BCUT2D eigenvalue weighted by Crippen LogP contribution is 2.43. The van der Waals surface area contributed by atoms with Gasteiger partial charge in [0, 0.05) is 87.2 Å². The van der Waals surface area contributed by atoms with Gasteiger partial charge in [0.25, 0.3) is 23.3 Å². The summed E-state index contributed by atoms with van der Waals surface area (Å²) in [6.45, 7) is 3.28. The molecule has 54 heavy (non-hydrogen) atoms. The molecule has 1 N–H and O–H groups in total. The lowest BCUT2D eigenvalue weighted by Gasteiger charge is -2.48. The van der Waals surface area contributed by atoms with Gasteiger partial charge in [-0.3, -0.25) is 48.9 Å². The molecule has 2 aromatic carbocycles. The SMILES string of the molecule is COc1cc(-c2cn(C)c(=O)c3cnccc23)cc(OC)c1CN1CC2(CCN(C(=O)C#Cc3ccc4c(c3)C(=O)N(C3CCC(=O)NC3=O)C4=O)C2)C1. The zero-order chi connectivity index (χ0) is 37.9. The minimum Gasteiger partial charge on any atom is -0.496 e. The Hall–Kier alpha value is -6.33. The van der Waals surface area contributed by atoms with E-state index in [9.17, 15) is 28.8 Å². The highest BCUT2D eigenvalue weighted by molar-refractivity contribution is 6.23. The number of benzene rings is 2. The Kier molecular flexibility index (Phi) is 8.53. The number of aromatic nitrogens is 2. The second-order valence-corrected chi connectivity index (χ2v) is 14.3. The first-order valence-corrected chi connectivity index (χ1v) is 17.6. The van der Waals surface area contributed by atoms with E-state index < -0.39 is 29.7 Å². The minimum absolute atomic E-state index is 0.0347. The molecule has 4 aliphatic heterocycles. The smallest absolute Gasteiger partial charge is 0.298 e. The average molecular weight is 729 g/mol. The Bertz CT molecular complexity index is 2410. The van der Waals surface area contributed by atoms with Gasteiger partial charge in [-0.1, -0.05) is 5.92 Å². The number of imide groups is 2. The summed E-state index contributed by atoms with van der Waals surface area (Å²) in [6, 6.07) is 9.22. The molecule has 0 bridgehead atoms. The predicted molar refractivity (Wildman–Crippen MR) is 194 cm³/mol. The van der Waals surface area contributed by atoms with Crippen molar-refractivity contribution >= 4 is 40.3 Å². The van der Waals surface area contributed by atoms with Crippen molar-refractivity contribution < 1.29 is 33.4 Å². The number of amides is 5. The molecule has 14 heteroatoms. The summed E-state index contributed by atoms with van der Waals surface area (Å²) in [5.74, 6) is 4.23. The summed E-state index contributed by atoms with van der Waals surface area (Å²) >= 11 is 0. The van der Waals surface area contributed by atoms with Crippen molar-refractivity contribution in [2.75, 3.05) is 40.4 Å². The molecule has 3 fully saturated rings. The van der Waals surface area contributed by atoms with E-state index in [1.165, 1.54) is 12.1 Å². The summed E-state index contributed by atoms with van der Waals surface area (Å²) in [4.78, 5) is 85.2. The van der Waals surface area contributed by atoms with E-state index in [-0.39, 0.29) is 40.8 Å². The summed E-state index contributed by atoms with van der Waals surface area (Å²) < 4.78 is 13.3. The predicted octanol–water partition coefficient (Wildman–Crippen LogP) is 2.10. The first-order chi connectivity index (χ1) is 26.0. The number of methoxy groups -OCH3 is 2. The van der Waals surface area contributed by atoms with E-state index in [1.54, 1.807) is 49.2 Å². The quantitative estimate of drug-likeness (QED) is 0.230. The number of nitrogens with one attached hydrogen (secondary N) is 1. The number of carbonyl (C=O) groups excluding carboxylic acids is 5. The number of hydrogen-bond acceptors (Lipinski definition) is 10. The minimum atomic E-state index is -1.06. The standard InChI is InChI=1S/C40H36N6O8/c1-43-18-29(25-10-12-41-17-28(25)37(43)50)24-15-32(53-2)30(33(16-24)54-3)19-44-20-40(21-44)11-13-45(22-40)35(48)9-5-23-4-6-26-27(14-23)39(52)46(38(26)51)31-7-8-34(47)42-36(31)49/h4,6,10,12,14-18,31H,7-8,11,13,19-22H2,1-3H3,(H,42,47,49). The van der Waals surface area contributed by atoms with Crippen LogP contribution in [0.25, 0.3) is 21.9 Å². The van der Waals surface area contributed by atoms with Crippen molar-refractivity contribution in [3.05, 3.63) is 87.6 Å². The van der Waals surface area contributed by atoms with Crippen LogP contribution in [0.2, 0.25) is 0 Å². The van der Waals surface area contributed by atoms with Gasteiger partial charge in [0.1, 0.15) is 17.5 Å². The van der Waals surface area contributed by atoms with Gasteiger partial charge in [0.05, 0.1) is 36.3 Å². The highest BCUT2D eigenvalue weighted by atomic mass is 16.5. The monoisotopic (exact) mass is 728 g/mol. The molecule has 274 valence electrons. The fourth-order valence-corrected chi connectivity index (χ4v) is 8.19. The van der Waals surface area contributed by atoms with Crippen molar-refractivity contribution in [1.29, 1.82) is 0 Å². The maximum atomic E-state index is 13.2. The van der Waals surface area contributed by atoms with Gasteiger partial charge in [-0.05, 0) is 60.2 Å². The number of pyridine rings is 2. The van der Waals surface area contributed by atoms with Crippen molar-refractivity contribution in [3.63, 3.8) is 0 Å². The molecule has 4 aliphatic rings. The van der Waals surface area contributed by atoms with Crippen LogP contribution >= 0.6 is 0 Å². The number of fused-ring (bicyclic) bond motifs is 2. The molecule has 6 heterocycles. The van der Waals surface area contributed by atoms with Crippen molar-refractivity contribution in [1.82, 2.24) is 29.6 Å². The average Bonchev–Trinajstić information content (AvgIpc) is 3.71. The molecule has 5 amide bonds. The van der Waals surface area contributed by atoms with E-state index >= 15 is 0 Å². The van der Waals surface area contributed by atoms with Gasteiger partial charge in [-0.15, -0.1) is 0 Å². The van der Waals surface area contributed by atoms with Crippen molar-refractivity contribution in [3.8, 4) is 34.5 Å². The zero-order valence-electron chi connectivity index (χ0n) is 29.9. The maximum absolute atomic E-state index is 13.2. The topological polar surface area (TPSA) is 160 Å². The van der Waals surface area contributed by atoms with Crippen LogP contribution in [0.1, 0.15) is 51.1 Å². The van der Waals surface area contributed by atoms with Gasteiger partial charge >= 0.3 is 0 Å². The Labute approximate surface area is 309 Å². The second kappa shape index (κ2) is 13.3. The Morgan fingerprint density at radius 1 is 0.944 bits per heavy atom. The van der Waals surface area contributed by atoms with Crippen LogP contribution in [0.15, 0.2) is 59.8 Å². The molecule has 0 saturated carbocycles. The van der Waals surface area contributed by atoms with E-state index in [1.807, 2.05) is 24.4 Å². The van der Waals surface area contributed by atoms with Crippen LogP contribution < -0.4 is 20.3 Å². The van der Waals surface area contributed by atoms with Crippen LogP contribution in [-0.2, 0) is 28.0 Å². The number of piperidine rings is 1. The van der Waals surface area contributed by atoms with E-state index in [2.05, 4.69) is 27.0 Å². The third-order valence-corrected chi connectivity index (χ3v) is 10.9. The summed E-state index contributed by atoms with van der Waals surface area (Å²) in [7, 11) is 4.97. The molecule has 1 atom stereocenters. The Morgan fingerprint density at radius 3 is 2.41 bits per heavy atom. The van der Waals surface area contributed by atoms with Crippen LogP contribution in [-0.4, -0.2) is 100 Å². The number of nitrogens with zero attached hydrogens (tertiary/aromatic N) is 5. The van der Waals surface area contributed by atoms with E-state index in [0.29, 0.717) is 42.1 Å². The van der Waals surface area contributed by atoms with Gasteiger partial charge in [0.2, 0.25) is 11.8 Å². The molecule has 0 radical (unpaired) electrons. The maximum Gasteiger partial charge on any atom is 0.298 e. The van der Waals surface area contributed by atoms with Crippen LogP contribution in [0, 0.1) is 17.3 Å². The molecule has 2 aromatic heterocycles. The first kappa shape index (κ1) is 34.7. The molecular weight excluding hydrogens is 692 g/mol. The van der Waals surface area contributed by atoms with Gasteiger partial charge in [-0.25, -0.2) is 0 Å². The molecule has 4 aromatic rings. The summed E-state index contributed by atoms with van der Waals surface area (Å²) in [6.07, 6.45) is 6.00. The number of aryl methyl sites for hydroxylation is 1. The molecular formula is C40H36N6O8. The fourth-order valence-electron chi connectivity index (χ4n) is 8.19. The molecule has 1 unspecified atom stereocenters. The van der Waals surface area contributed by atoms with E-state index in [4.69, 9.17) is 9.47 Å². The second-order valence-electron chi connectivity index (χ2n) is 14.3. The number of likely N-dealkylation sites (tertiary alicyclic amines) is 2. The fraction of sp³-hybridized carbons (Fsp3) is 0.325. The van der Waals surface area contributed by atoms with Gasteiger partial charge in [-0.2, -0.15) is 0 Å². The Balaban J connectivity index is 0.924. The normalized spacial score (nSPS) is 19.1. The largest absolute Gasteiger partial charge is 0.496 e. The summed E-state index contributed by atoms with van der Waals surface area (Å²) in [5.41, 5.74) is 3.09. The molecule has 0 aliphatic carbocycles. The Morgan fingerprint density at radius 2 is 1.69 bits per heavy atom. The van der Waals surface area contributed by atoms with Gasteiger partial charge < -0.3 is 18.9 Å². The number of carbonyl (C=O) groups is 5. The number of ether oxygens (including phenoxy) is 2. The molecule has 3 saturated heterocycles. The third-order valence-electron chi connectivity index (χ3n) is 10.9. The lowest BCUT2D eigenvalue weighted by Crippen LogP contribution is -2.57. The lowest BCUT2D eigenvalue weighted by molar-refractivity contribution is -0.136. The summed E-state index contributed by atoms with van der Waals surface area (Å²) in [5, 5.41) is 3.50. The third kappa shape index (κ3) is 5.86. The first-order valence-electron chi connectivity index (χ1n) is 17.6. The van der Waals surface area contributed by atoms with Crippen LogP contribution in [0.4, 0.5) is 0 Å². The molecule has 8 rings (SSSR count). The molecule has 1 spiro atoms. The van der Waals surface area contributed by atoms with Crippen molar-refractivity contribution in [2.24, 2.45) is 12.5 Å². The van der Waals surface area contributed by atoms with Crippen LogP contribution in [0.5, 0.6) is 11.5 Å². The van der Waals surface area contributed by atoms with Crippen LogP contribution in [0.3, 0.4) is 0 Å². The van der Waals surface area contributed by atoms with Gasteiger partial charge in [0.15, 0.2) is 0 Å².